The van der Waals surface area contributed by atoms with E-state index in [0.717, 1.165) is 12.5 Å². The quantitative estimate of drug-likeness (QED) is 0.796. The standard InChI is InChI=1S/C20H21F2N3O3/c1-28-18-6-5-13(11-23-18)19(26)25-17-4-2-3-16(17)20(27)24-10-12-7-14(21)9-15(22)8-12/h5-9,11,16-17H,2-4,10H2,1H3,(H,24,27)(H,25,26)/t16-,17+/m0/s1. The average molecular weight is 389 g/mol. The number of aromatic nitrogens is 1. The molecule has 1 aromatic heterocycles. The monoisotopic (exact) mass is 389 g/mol. The highest BCUT2D eigenvalue weighted by molar-refractivity contribution is 5.94. The zero-order chi connectivity index (χ0) is 20.1. The average Bonchev–Trinajstić information content (AvgIpc) is 3.13. The van der Waals surface area contributed by atoms with E-state index in [-0.39, 0.29) is 24.4 Å². The van der Waals surface area contributed by atoms with E-state index in [0.29, 0.717) is 29.8 Å². The molecule has 2 amide bonds. The van der Waals surface area contributed by atoms with E-state index in [1.165, 1.54) is 25.4 Å². The van der Waals surface area contributed by atoms with Crippen molar-refractivity contribution in [2.45, 2.75) is 31.8 Å². The molecule has 3 rings (SSSR count). The van der Waals surface area contributed by atoms with Crippen LogP contribution in [0.3, 0.4) is 0 Å². The normalized spacial score (nSPS) is 18.5. The molecule has 1 aromatic carbocycles. The summed E-state index contributed by atoms with van der Waals surface area (Å²) in [5.41, 5.74) is 0.718. The topological polar surface area (TPSA) is 80.3 Å². The van der Waals surface area contributed by atoms with Gasteiger partial charge in [-0.05, 0) is 36.6 Å². The maximum absolute atomic E-state index is 13.3. The number of hydrogen-bond acceptors (Lipinski definition) is 4. The van der Waals surface area contributed by atoms with Crippen molar-refractivity contribution in [1.29, 1.82) is 0 Å². The van der Waals surface area contributed by atoms with Crippen LogP contribution in [0.1, 0.15) is 35.2 Å². The Hall–Kier alpha value is -3.03. The third-order valence-corrected chi connectivity index (χ3v) is 4.77. The fraction of sp³-hybridized carbons (Fsp3) is 0.350. The second-order valence-corrected chi connectivity index (χ2v) is 6.70. The molecule has 0 aliphatic heterocycles. The Kier molecular flexibility index (Phi) is 6.18. The van der Waals surface area contributed by atoms with Crippen molar-refractivity contribution in [2.24, 2.45) is 5.92 Å². The number of rotatable bonds is 6. The highest BCUT2D eigenvalue weighted by Crippen LogP contribution is 2.26. The summed E-state index contributed by atoms with van der Waals surface area (Å²) < 4.78 is 31.5. The third kappa shape index (κ3) is 4.82. The van der Waals surface area contributed by atoms with Gasteiger partial charge in [0.25, 0.3) is 5.91 Å². The minimum atomic E-state index is -0.691. The van der Waals surface area contributed by atoms with Gasteiger partial charge in [0, 0.05) is 30.9 Å². The maximum Gasteiger partial charge on any atom is 0.253 e. The summed E-state index contributed by atoms with van der Waals surface area (Å²) in [6.45, 7) is 0.0209. The number of benzene rings is 1. The number of amides is 2. The molecule has 6 nitrogen and oxygen atoms in total. The van der Waals surface area contributed by atoms with Crippen molar-refractivity contribution in [1.82, 2.24) is 15.6 Å². The Morgan fingerprint density at radius 1 is 1.18 bits per heavy atom. The van der Waals surface area contributed by atoms with Gasteiger partial charge in [0.1, 0.15) is 11.6 Å². The lowest BCUT2D eigenvalue weighted by Gasteiger charge is -2.20. The van der Waals surface area contributed by atoms with E-state index < -0.39 is 17.6 Å². The molecule has 148 valence electrons. The van der Waals surface area contributed by atoms with E-state index in [2.05, 4.69) is 15.6 Å². The molecular formula is C20H21F2N3O3. The zero-order valence-corrected chi connectivity index (χ0v) is 15.4. The van der Waals surface area contributed by atoms with Crippen LogP contribution in [0.2, 0.25) is 0 Å². The van der Waals surface area contributed by atoms with Crippen LogP contribution in [0, 0.1) is 17.6 Å². The highest BCUT2D eigenvalue weighted by atomic mass is 19.1. The number of carbonyl (C=O) groups excluding carboxylic acids is 2. The van der Waals surface area contributed by atoms with Crippen LogP contribution < -0.4 is 15.4 Å². The fourth-order valence-corrected chi connectivity index (χ4v) is 3.37. The predicted octanol–water partition coefficient (Wildman–Crippen LogP) is 2.58. The summed E-state index contributed by atoms with van der Waals surface area (Å²) in [6.07, 6.45) is 3.53. The van der Waals surface area contributed by atoms with E-state index in [9.17, 15) is 18.4 Å². The van der Waals surface area contributed by atoms with Gasteiger partial charge in [-0.1, -0.05) is 6.42 Å². The molecule has 2 N–H and O–H groups in total. The molecular weight excluding hydrogens is 368 g/mol. The van der Waals surface area contributed by atoms with Gasteiger partial charge in [0.15, 0.2) is 0 Å². The molecule has 1 saturated carbocycles. The molecule has 1 aliphatic carbocycles. The smallest absolute Gasteiger partial charge is 0.253 e. The molecule has 1 fully saturated rings. The number of nitrogens with zero attached hydrogens (tertiary/aromatic N) is 1. The second kappa shape index (κ2) is 8.77. The fourth-order valence-electron chi connectivity index (χ4n) is 3.37. The van der Waals surface area contributed by atoms with Crippen LogP contribution in [-0.2, 0) is 11.3 Å². The Balaban J connectivity index is 1.58. The first-order valence-corrected chi connectivity index (χ1v) is 9.00. The van der Waals surface area contributed by atoms with Gasteiger partial charge < -0.3 is 15.4 Å². The van der Waals surface area contributed by atoms with Crippen LogP contribution >= 0.6 is 0 Å². The minimum absolute atomic E-state index is 0.0209. The maximum atomic E-state index is 13.3. The molecule has 8 heteroatoms. The number of pyridine rings is 1. The van der Waals surface area contributed by atoms with Gasteiger partial charge in [-0.3, -0.25) is 9.59 Å². The number of ether oxygens (including phenoxy) is 1. The van der Waals surface area contributed by atoms with Gasteiger partial charge in [0.05, 0.1) is 18.6 Å². The van der Waals surface area contributed by atoms with Crippen molar-refractivity contribution < 1.29 is 23.1 Å². The molecule has 1 heterocycles. The van der Waals surface area contributed by atoms with Crippen LogP contribution in [-0.4, -0.2) is 29.9 Å². The van der Waals surface area contributed by atoms with Gasteiger partial charge >= 0.3 is 0 Å². The van der Waals surface area contributed by atoms with Gasteiger partial charge in [-0.15, -0.1) is 0 Å². The summed E-state index contributed by atoms with van der Waals surface area (Å²) in [4.78, 5) is 28.9. The van der Waals surface area contributed by atoms with Crippen LogP contribution in [0.25, 0.3) is 0 Å². The summed E-state index contributed by atoms with van der Waals surface area (Å²) in [5, 5.41) is 5.58. The molecule has 0 unspecified atom stereocenters. The number of halogens is 2. The molecule has 0 bridgehead atoms. The molecule has 2 aromatic rings. The Bertz CT molecular complexity index is 838. The molecule has 0 spiro atoms. The van der Waals surface area contributed by atoms with E-state index in [1.807, 2.05) is 0 Å². The zero-order valence-electron chi connectivity index (χ0n) is 15.4. The van der Waals surface area contributed by atoms with E-state index >= 15 is 0 Å². The van der Waals surface area contributed by atoms with Crippen molar-refractivity contribution in [2.75, 3.05) is 7.11 Å². The first-order valence-electron chi connectivity index (χ1n) is 9.00. The van der Waals surface area contributed by atoms with Crippen LogP contribution in [0.4, 0.5) is 8.78 Å². The van der Waals surface area contributed by atoms with E-state index in [1.54, 1.807) is 12.1 Å². The molecule has 0 radical (unpaired) electrons. The summed E-state index contributed by atoms with van der Waals surface area (Å²) >= 11 is 0. The second-order valence-electron chi connectivity index (χ2n) is 6.70. The number of hydrogen-bond donors (Lipinski definition) is 2. The van der Waals surface area contributed by atoms with Gasteiger partial charge in [-0.2, -0.15) is 0 Å². The molecule has 1 aliphatic rings. The minimum Gasteiger partial charge on any atom is -0.481 e. The van der Waals surface area contributed by atoms with Gasteiger partial charge in [0.2, 0.25) is 11.8 Å². The highest BCUT2D eigenvalue weighted by Gasteiger charge is 2.34. The van der Waals surface area contributed by atoms with Crippen LogP contribution in [0.5, 0.6) is 5.88 Å². The summed E-state index contributed by atoms with van der Waals surface area (Å²) in [5.74, 6) is -1.93. The number of nitrogens with one attached hydrogen (secondary N) is 2. The Morgan fingerprint density at radius 3 is 2.57 bits per heavy atom. The predicted molar refractivity (Wildman–Crippen MR) is 97.6 cm³/mol. The molecule has 0 saturated heterocycles. The lowest BCUT2D eigenvalue weighted by Crippen LogP contribution is -2.43. The number of carbonyl (C=O) groups is 2. The third-order valence-electron chi connectivity index (χ3n) is 4.77. The van der Waals surface area contributed by atoms with Crippen molar-refractivity contribution in [3.05, 3.63) is 59.3 Å². The lowest BCUT2D eigenvalue weighted by atomic mass is 10.0. The van der Waals surface area contributed by atoms with Gasteiger partial charge in [-0.25, -0.2) is 13.8 Å². The summed E-state index contributed by atoms with van der Waals surface area (Å²) in [6, 6.07) is 6.01. The van der Waals surface area contributed by atoms with E-state index in [4.69, 9.17) is 4.74 Å². The van der Waals surface area contributed by atoms with Crippen LogP contribution in [0.15, 0.2) is 36.5 Å². The van der Waals surface area contributed by atoms with Crippen molar-refractivity contribution >= 4 is 11.8 Å². The largest absolute Gasteiger partial charge is 0.481 e. The lowest BCUT2D eigenvalue weighted by molar-refractivity contribution is -0.125. The number of methoxy groups -OCH3 is 1. The van der Waals surface area contributed by atoms with Crippen molar-refractivity contribution in [3.8, 4) is 5.88 Å². The Labute approximate surface area is 161 Å². The van der Waals surface area contributed by atoms with Crippen molar-refractivity contribution in [3.63, 3.8) is 0 Å². The first kappa shape index (κ1) is 19.7. The first-order chi connectivity index (χ1) is 13.5. The molecule has 28 heavy (non-hydrogen) atoms. The molecule has 2 atom stereocenters. The SMILES string of the molecule is COc1ccc(C(=O)N[C@@H]2CCC[C@@H]2C(=O)NCc2cc(F)cc(F)c2)cn1. The summed E-state index contributed by atoms with van der Waals surface area (Å²) in [7, 11) is 1.49. The Morgan fingerprint density at radius 2 is 1.93 bits per heavy atom.